The Balaban J connectivity index is 2.19. The molecule has 2 heterocycles. The lowest BCUT2D eigenvalue weighted by molar-refractivity contribution is 0.625. The van der Waals surface area contributed by atoms with Crippen molar-refractivity contribution >= 4 is 5.82 Å². The smallest absolute Gasteiger partial charge is 0.129 e. The Morgan fingerprint density at radius 3 is 2.78 bits per heavy atom. The molecule has 3 heteroatoms. The van der Waals surface area contributed by atoms with Gasteiger partial charge in [0.25, 0.3) is 0 Å². The fourth-order valence-corrected chi connectivity index (χ4v) is 2.86. The monoisotopic (exact) mass is 247 g/mol. The van der Waals surface area contributed by atoms with Gasteiger partial charge >= 0.3 is 0 Å². The normalized spacial score (nSPS) is 23.7. The van der Waals surface area contributed by atoms with Crippen LogP contribution in [-0.2, 0) is 6.54 Å². The molecule has 0 aliphatic carbocycles. The van der Waals surface area contributed by atoms with E-state index < -0.39 is 0 Å². The van der Waals surface area contributed by atoms with E-state index in [2.05, 4.69) is 50.0 Å². The van der Waals surface area contributed by atoms with Crippen molar-refractivity contribution in [2.75, 3.05) is 18.0 Å². The molecule has 1 fully saturated rings. The van der Waals surface area contributed by atoms with E-state index >= 15 is 0 Å². The molecule has 1 aromatic rings. The van der Waals surface area contributed by atoms with Gasteiger partial charge in [0.15, 0.2) is 0 Å². The third-order valence-corrected chi connectivity index (χ3v) is 3.66. The van der Waals surface area contributed by atoms with Gasteiger partial charge in [-0.15, -0.1) is 0 Å². The molecule has 0 bridgehead atoms. The average molecular weight is 247 g/mol. The Kier molecular flexibility index (Phi) is 4.23. The van der Waals surface area contributed by atoms with Crippen LogP contribution in [0.2, 0.25) is 0 Å². The number of hydrogen-bond donors (Lipinski definition) is 1. The number of hydrogen-bond acceptors (Lipinski definition) is 3. The van der Waals surface area contributed by atoms with Gasteiger partial charge in [-0.25, -0.2) is 4.98 Å². The zero-order chi connectivity index (χ0) is 13.1. The van der Waals surface area contributed by atoms with E-state index in [4.69, 9.17) is 4.98 Å². The van der Waals surface area contributed by atoms with Gasteiger partial charge in [-0.05, 0) is 50.4 Å². The van der Waals surface area contributed by atoms with Crippen molar-refractivity contribution in [3.8, 4) is 0 Å². The maximum atomic E-state index is 4.71. The van der Waals surface area contributed by atoms with Gasteiger partial charge in [-0.2, -0.15) is 0 Å². The predicted octanol–water partition coefficient (Wildman–Crippen LogP) is 2.73. The second kappa shape index (κ2) is 5.70. The molecule has 18 heavy (non-hydrogen) atoms. The second-order valence-corrected chi connectivity index (χ2v) is 5.60. The second-order valence-electron chi connectivity index (χ2n) is 5.60. The largest absolute Gasteiger partial charge is 0.354 e. The van der Waals surface area contributed by atoms with Crippen LogP contribution in [-0.4, -0.2) is 24.1 Å². The number of nitrogens with one attached hydrogen (secondary N) is 1. The van der Waals surface area contributed by atoms with Crippen molar-refractivity contribution in [2.45, 2.75) is 46.7 Å². The molecule has 2 rings (SSSR count). The maximum absolute atomic E-state index is 4.71. The molecule has 0 aromatic carbocycles. The number of rotatable bonds is 4. The summed E-state index contributed by atoms with van der Waals surface area (Å²) in [4.78, 5) is 7.16. The summed E-state index contributed by atoms with van der Waals surface area (Å²) >= 11 is 0. The Bertz CT molecular complexity index is 403. The summed E-state index contributed by atoms with van der Waals surface area (Å²) in [5, 5.41) is 3.38. The summed E-state index contributed by atoms with van der Waals surface area (Å²) in [5.74, 6) is 1.93. The fourth-order valence-electron chi connectivity index (χ4n) is 2.86. The van der Waals surface area contributed by atoms with Crippen LogP contribution in [0.25, 0.3) is 0 Å². The number of aromatic nitrogens is 1. The number of pyridine rings is 1. The summed E-state index contributed by atoms with van der Waals surface area (Å²) in [6.45, 7) is 11.9. The highest BCUT2D eigenvalue weighted by molar-refractivity contribution is 5.44. The zero-order valence-corrected chi connectivity index (χ0v) is 12.0. The van der Waals surface area contributed by atoms with E-state index in [0.717, 1.165) is 37.1 Å². The highest BCUT2D eigenvalue weighted by Crippen LogP contribution is 2.28. The fraction of sp³-hybridized carbons (Fsp3) is 0.667. The molecule has 0 amide bonds. The molecule has 1 N–H and O–H groups in total. The van der Waals surface area contributed by atoms with E-state index in [9.17, 15) is 0 Å². The minimum Gasteiger partial charge on any atom is -0.354 e. The number of nitrogens with zero attached hydrogens (tertiary/aromatic N) is 2. The molecule has 1 aliphatic heterocycles. The summed E-state index contributed by atoms with van der Waals surface area (Å²) in [6.07, 6.45) is 1.28. The molecule has 2 atom stereocenters. The van der Waals surface area contributed by atoms with Crippen molar-refractivity contribution in [3.05, 3.63) is 23.4 Å². The number of aryl methyl sites for hydroxylation is 1. The van der Waals surface area contributed by atoms with Crippen LogP contribution in [0.4, 0.5) is 5.82 Å². The van der Waals surface area contributed by atoms with Crippen LogP contribution in [0.1, 0.15) is 38.4 Å². The van der Waals surface area contributed by atoms with Gasteiger partial charge in [-0.3, -0.25) is 0 Å². The highest BCUT2D eigenvalue weighted by Gasteiger charge is 2.27. The van der Waals surface area contributed by atoms with Crippen molar-refractivity contribution in [2.24, 2.45) is 5.92 Å². The van der Waals surface area contributed by atoms with Crippen molar-refractivity contribution in [1.29, 1.82) is 0 Å². The van der Waals surface area contributed by atoms with Crippen molar-refractivity contribution < 1.29 is 0 Å². The van der Waals surface area contributed by atoms with E-state index in [1.54, 1.807) is 0 Å². The topological polar surface area (TPSA) is 28.2 Å². The highest BCUT2D eigenvalue weighted by atomic mass is 15.2. The van der Waals surface area contributed by atoms with Gasteiger partial charge < -0.3 is 10.2 Å². The molecule has 100 valence electrons. The van der Waals surface area contributed by atoms with Crippen LogP contribution in [0, 0.1) is 12.8 Å². The third-order valence-electron chi connectivity index (χ3n) is 3.66. The van der Waals surface area contributed by atoms with Gasteiger partial charge in [0.2, 0.25) is 0 Å². The Hall–Kier alpha value is -1.09. The first kappa shape index (κ1) is 13.3. The van der Waals surface area contributed by atoms with Gasteiger partial charge in [0.1, 0.15) is 5.82 Å². The van der Waals surface area contributed by atoms with Crippen molar-refractivity contribution in [1.82, 2.24) is 10.3 Å². The lowest BCUT2D eigenvalue weighted by atomic mass is 10.1. The van der Waals surface area contributed by atoms with Crippen LogP contribution < -0.4 is 10.2 Å². The molecular formula is C15H25N3. The van der Waals surface area contributed by atoms with E-state index in [-0.39, 0.29) is 0 Å². The molecule has 0 saturated carbocycles. The minimum absolute atomic E-state index is 0.612. The molecular weight excluding hydrogens is 222 g/mol. The van der Waals surface area contributed by atoms with Crippen molar-refractivity contribution in [3.63, 3.8) is 0 Å². The lowest BCUT2D eigenvalue weighted by Gasteiger charge is -2.23. The molecule has 1 saturated heterocycles. The van der Waals surface area contributed by atoms with E-state index in [1.807, 2.05) is 0 Å². The van der Waals surface area contributed by atoms with Gasteiger partial charge in [0.05, 0.1) is 0 Å². The first-order valence-corrected chi connectivity index (χ1v) is 7.05. The Labute approximate surface area is 111 Å². The van der Waals surface area contributed by atoms with Crippen LogP contribution in [0.15, 0.2) is 12.1 Å². The molecule has 1 aliphatic rings. The van der Waals surface area contributed by atoms with Crippen LogP contribution in [0.3, 0.4) is 0 Å². The molecule has 1 aromatic heterocycles. The van der Waals surface area contributed by atoms with Crippen LogP contribution >= 0.6 is 0 Å². The summed E-state index contributed by atoms with van der Waals surface area (Å²) in [7, 11) is 0. The molecule has 2 unspecified atom stereocenters. The maximum Gasteiger partial charge on any atom is 0.129 e. The Morgan fingerprint density at radius 2 is 2.17 bits per heavy atom. The first-order chi connectivity index (χ1) is 8.60. The molecule has 0 radical (unpaired) electrons. The average Bonchev–Trinajstić information content (AvgIpc) is 2.65. The van der Waals surface area contributed by atoms with Gasteiger partial charge in [-0.1, -0.05) is 13.8 Å². The summed E-state index contributed by atoms with van der Waals surface area (Å²) < 4.78 is 0. The first-order valence-electron chi connectivity index (χ1n) is 7.05. The zero-order valence-electron chi connectivity index (χ0n) is 12.0. The lowest BCUT2D eigenvalue weighted by Crippen LogP contribution is -2.28. The minimum atomic E-state index is 0.612. The SMILES string of the molecule is CCNCc1cc(C)nc(N2CC(C)CC2C)c1. The summed E-state index contributed by atoms with van der Waals surface area (Å²) in [5.41, 5.74) is 2.46. The molecule has 0 spiro atoms. The standard InChI is InChI=1S/C15H25N3/c1-5-16-9-14-7-12(3)17-15(8-14)18-10-11(2)6-13(18)4/h7-8,11,13,16H,5-6,9-10H2,1-4H3. The molecule has 3 nitrogen and oxygen atoms in total. The van der Waals surface area contributed by atoms with Crippen LogP contribution in [0.5, 0.6) is 0 Å². The quantitative estimate of drug-likeness (QED) is 0.886. The predicted molar refractivity (Wildman–Crippen MR) is 76.9 cm³/mol. The summed E-state index contributed by atoms with van der Waals surface area (Å²) in [6, 6.07) is 5.03. The van der Waals surface area contributed by atoms with Gasteiger partial charge in [0, 0.05) is 24.8 Å². The van der Waals surface area contributed by atoms with E-state index in [1.165, 1.54) is 12.0 Å². The Morgan fingerprint density at radius 1 is 1.39 bits per heavy atom. The van der Waals surface area contributed by atoms with E-state index in [0.29, 0.717) is 6.04 Å². The number of anilines is 1. The third kappa shape index (κ3) is 3.02.